The number of hydrogen-bond acceptors (Lipinski definition) is 3. The maximum Gasteiger partial charge on any atom is 0.243 e. The molecule has 0 unspecified atom stereocenters. The van der Waals surface area contributed by atoms with Gasteiger partial charge >= 0.3 is 0 Å². The first kappa shape index (κ1) is 15.9. The van der Waals surface area contributed by atoms with Gasteiger partial charge in [0.25, 0.3) is 0 Å². The maximum absolute atomic E-state index is 13.6. The van der Waals surface area contributed by atoms with Gasteiger partial charge in [0.2, 0.25) is 10.0 Å². The lowest BCUT2D eigenvalue weighted by Gasteiger charge is -2.22. The minimum atomic E-state index is -3.69. The molecule has 0 saturated heterocycles. The average molecular weight is 288 g/mol. The topological polar surface area (TPSA) is 63.4 Å². The lowest BCUT2D eigenvalue weighted by atomic mass is 10.2. The Morgan fingerprint density at radius 1 is 1.21 bits per heavy atom. The molecule has 0 aliphatic heterocycles. The average Bonchev–Trinajstić information content (AvgIpc) is 2.33. The lowest BCUT2D eigenvalue weighted by Crippen LogP contribution is -2.33. The van der Waals surface area contributed by atoms with Gasteiger partial charge in [-0.1, -0.05) is 13.8 Å². The smallest absolute Gasteiger partial charge is 0.243 e. The Hall–Kier alpha value is -1.14. The van der Waals surface area contributed by atoms with Gasteiger partial charge in [-0.3, -0.25) is 0 Å². The SMILES string of the molecule is CCCN(CCC)S(=O)(=O)c1cc(N)cc(F)c1C. The number of nitrogens with two attached hydrogens (primary N) is 1. The standard InChI is InChI=1S/C13H21FN2O2S/c1-4-6-16(7-5-2)19(17,18)13-9-11(15)8-12(14)10(13)3/h8-9H,4-7,15H2,1-3H3. The first-order valence-corrected chi connectivity index (χ1v) is 7.84. The van der Waals surface area contributed by atoms with Crippen molar-refractivity contribution in [2.24, 2.45) is 0 Å². The van der Waals surface area contributed by atoms with Crippen molar-refractivity contribution < 1.29 is 12.8 Å². The van der Waals surface area contributed by atoms with Crippen molar-refractivity contribution in [3.05, 3.63) is 23.5 Å². The van der Waals surface area contributed by atoms with E-state index in [-0.39, 0.29) is 16.1 Å². The van der Waals surface area contributed by atoms with Crippen LogP contribution in [0.15, 0.2) is 17.0 Å². The van der Waals surface area contributed by atoms with Gasteiger partial charge < -0.3 is 5.73 Å². The molecule has 6 heteroatoms. The molecule has 0 radical (unpaired) electrons. The van der Waals surface area contributed by atoms with Crippen LogP contribution >= 0.6 is 0 Å². The summed E-state index contributed by atoms with van der Waals surface area (Å²) >= 11 is 0. The predicted octanol–water partition coefficient (Wildman–Crippen LogP) is 2.53. The molecule has 1 rings (SSSR count). The van der Waals surface area contributed by atoms with Crippen LogP contribution in [0.3, 0.4) is 0 Å². The molecule has 0 amide bonds. The minimum Gasteiger partial charge on any atom is -0.399 e. The monoisotopic (exact) mass is 288 g/mol. The Kier molecular flexibility index (Phi) is 5.31. The molecule has 0 heterocycles. The molecular formula is C13H21FN2O2S. The molecule has 0 aliphatic rings. The third kappa shape index (κ3) is 3.45. The minimum absolute atomic E-state index is 0.0353. The van der Waals surface area contributed by atoms with E-state index in [4.69, 9.17) is 5.73 Å². The summed E-state index contributed by atoms with van der Waals surface area (Å²) in [4.78, 5) is -0.0353. The molecule has 1 aromatic carbocycles. The van der Waals surface area contributed by atoms with Crippen LogP contribution in [0.5, 0.6) is 0 Å². The predicted molar refractivity (Wildman–Crippen MR) is 74.9 cm³/mol. The zero-order chi connectivity index (χ0) is 14.6. The van der Waals surface area contributed by atoms with Crippen LogP contribution < -0.4 is 5.73 Å². The molecule has 0 bridgehead atoms. The largest absolute Gasteiger partial charge is 0.399 e. The van der Waals surface area contributed by atoms with Crippen LogP contribution in [0.2, 0.25) is 0 Å². The fourth-order valence-electron chi connectivity index (χ4n) is 1.93. The van der Waals surface area contributed by atoms with Gasteiger partial charge in [-0.05, 0) is 31.9 Å². The Morgan fingerprint density at radius 3 is 2.21 bits per heavy atom. The number of anilines is 1. The normalized spacial score (nSPS) is 12.1. The van der Waals surface area contributed by atoms with Crippen molar-refractivity contribution in [1.29, 1.82) is 0 Å². The summed E-state index contributed by atoms with van der Waals surface area (Å²) in [6.07, 6.45) is 1.42. The highest BCUT2D eigenvalue weighted by Crippen LogP contribution is 2.25. The highest BCUT2D eigenvalue weighted by molar-refractivity contribution is 7.89. The summed E-state index contributed by atoms with van der Waals surface area (Å²) in [5.74, 6) is -0.591. The van der Waals surface area contributed by atoms with Crippen LogP contribution in [-0.2, 0) is 10.0 Å². The number of nitrogen functional groups attached to an aromatic ring is 1. The van der Waals surface area contributed by atoms with Gasteiger partial charge in [-0.25, -0.2) is 12.8 Å². The molecule has 0 aliphatic carbocycles. The molecule has 108 valence electrons. The third-order valence-electron chi connectivity index (χ3n) is 2.88. The second-order valence-electron chi connectivity index (χ2n) is 4.53. The van der Waals surface area contributed by atoms with E-state index in [0.29, 0.717) is 25.9 Å². The summed E-state index contributed by atoms with van der Waals surface area (Å²) < 4.78 is 40.1. The van der Waals surface area contributed by atoms with Gasteiger partial charge in [-0.15, -0.1) is 0 Å². The zero-order valence-electron chi connectivity index (χ0n) is 11.6. The lowest BCUT2D eigenvalue weighted by molar-refractivity contribution is 0.409. The van der Waals surface area contributed by atoms with Crippen molar-refractivity contribution in [3.8, 4) is 0 Å². The molecular weight excluding hydrogens is 267 g/mol. The van der Waals surface area contributed by atoms with E-state index in [2.05, 4.69) is 0 Å². The van der Waals surface area contributed by atoms with Crippen LogP contribution in [-0.4, -0.2) is 25.8 Å². The zero-order valence-corrected chi connectivity index (χ0v) is 12.4. The Labute approximate surface area is 114 Å². The molecule has 0 aromatic heterocycles. The van der Waals surface area contributed by atoms with Crippen molar-refractivity contribution in [2.75, 3.05) is 18.8 Å². The molecule has 4 nitrogen and oxygen atoms in total. The van der Waals surface area contributed by atoms with E-state index < -0.39 is 15.8 Å². The summed E-state index contributed by atoms with van der Waals surface area (Å²) in [7, 11) is -3.69. The van der Waals surface area contributed by atoms with E-state index in [1.807, 2.05) is 13.8 Å². The van der Waals surface area contributed by atoms with Crippen LogP contribution in [0.25, 0.3) is 0 Å². The Bertz CT molecular complexity index is 538. The van der Waals surface area contributed by atoms with E-state index in [0.717, 1.165) is 6.07 Å². The Morgan fingerprint density at radius 2 is 1.74 bits per heavy atom. The van der Waals surface area contributed by atoms with Gasteiger partial charge in [0.1, 0.15) is 5.82 Å². The molecule has 1 aromatic rings. The van der Waals surface area contributed by atoms with E-state index in [1.54, 1.807) is 0 Å². The summed E-state index contributed by atoms with van der Waals surface area (Å²) in [6.45, 7) is 6.12. The fraction of sp³-hybridized carbons (Fsp3) is 0.538. The molecule has 0 atom stereocenters. The Balaban J connectivity index is 3.32. The number of benzene rings is 1. The summed E-state index contributed by atoms with van der Waals surface area (Å²) in [5.41, 5.74) is 5.79. The molecule has 19 heavy (non-hydrogen) atoms. The second kappa shape index (κ2) is 6.34. The van der Waals surface area contributed by atoms with E-state index in [9.17, 15) is 12.8 Å². The first-order chi connectivity index (χ1) is 8.84. The second-order valence-corrected chi connectivity index (χ2v) is 6.44. The summed E-state index contributed by atoms with van der Waals surface area (Å²) in [6, 6.07) is 2.46. The van der Waals surface area contributed by atoms with Crippen molar-refractivity contribution in [2.45, 2.75) is 38.5 Å². The molecule has 0 spiro atoms. The van der Waals surface area contributed by atoms with Crippen LogP contribution in [0.1, 0.15) is 32.3 Å². The van der Waals surface area contributed by atoms with E-state index in [1.165, 1.54) is 17.3 Å². The third-order valence-corrected chi connectivity index (χ3v) is 4.91. The van der Waals surface area contributed by atoms with Gasteiger partial charge in [0.15, 0.2) is 0 Å². The van der Waals surface area contributed by atoms with Crippen LogP contribution in [0.4, 0.5) is 10.1 Å². The number of nitrogens with zero attached hydrogens (tertiary/aromatic N) is 1. The van der Waals surface area contributed by atoms with Gasteiger partial charge in [0, 0.05) is 24.3 Å². The first-order valence-electron chi connectivity index (χ1n) is 6.40. The quantitative estimate of drug-likeness (QED) is 0.818. The van der Waals surface area contributed by atoms with Crippen molar-refractivity contribution >= 4 is 15.7 Å². The van der Waals surface area contributed by atoms with Crippen LogP contribution in [0, 0.1) is 12.7 Å². The van der Waals surface area contributed by atoms with Crippen molar-refractivity contribution in [3.63, 3.8) is 0 Å². The highest BCUT2D eigenvalue weighted by Gasteiger charge is 2.26. The fourth-order valence-corrected chi connectivity index (χ4v) is 3.83. The number of halogens is 1. The number of rotatable bonds is 6. The van der Waals surface area contributed by atoms with E-state index >= 15 is 0 Å². The molecule has 0 saturated carbocycles. The van der Waals surface area contributed by atoms with Crippen molar-refractivity contribution in [1.82, 2.24) is 4.31 Å². The molecule has 2 N–H and O–H groups in total. The highest BCUT2D eigenvalue weighted by atomic mass is 32.2. The maximum atomic E-state index is 13.6. The van der Waals surface area contributed by atoms with Gasteiger partial charge in [-0.2, -0.15) is 4.31 Å². The summed E-state index contributed by atoms with van der Waals surface area (Å²) in [5, 5.41) is 0. The van der Waals surface area contributed by atoms with Gasteiger partial charge in [0.05, 0.1) is 4.90 Å². The molecule has 0 fully saturated rings. The number of sulfonamides is 1. The number of hydrogen-bond donors (Lipinski definition) is 1.